The first kappa shape index (κ1) is 11.7. The van der Waals surface area contributed by atoms with Crippen LogP contribution >= 0.6 is 11.6 Å². The Morgan fingerprint density at radius 2 is 1.82 bits per heavy atom. The number of carbonyl (C=O) groups is 1. The van der Waals surface area contributed by atoms with Gasteiger partial charge in [-0.05, 0) is 43.2 Å². The Bertz CT molecular complexity index is 540. The summed E-state index contributed by atoms with van der Waals surface area (Å²) in [6, 6.07) is 7.51. The molecule has 1 aromatic heterocycles. The number of benzene rings is 1. The van der Waals surface area contributed by atoms with E-state index >= 15 is 0 Å². The Kier molecular flexibility index (Phi) is 3.20. The lowest BCUT2D eigenvalue weighted by Crippen LogP contribution is -2.12. The molecule has 1 heterocycles. The normalized spacial score (nSPS) is 10.3. The lowest BCUT2D eigenvalue weighted by Gasteiger charge is -2.06. The minimum atomic E-state index is -0.193. The largest absolute Gasteiger partial charge is 0.356 e. The van der Waals surface area contributed by atoms with Gasteiger partial charge in [0.1, 0.15) is 5.69 Å². The fraction of sp³-hybridized carbons (Fsp3) is 0.154. The van der Waals surface area contributed by atoms with Gasteiger partial charge in [0, 0.05) is 11.9 Å². The maximum absolute atomic E-state index is 11.8. The van der Waals surface area contributed by atoms with Gasteiger partial charge in [0.05, 0.1) is 5.02 Å². The zero-order valence-electron chi connectivity index (χ0n) is 9.67. The van der Waals surface area contributed by atoms with Crippen LogP contribution in [-0.4, -0.2) is 10.9 Å². The average molecular weight is 249 g/mol. The molecular formula is C13H13ClN2O. The first-order valence-corrected chi connectivity index (χ1v) is 5.66. The first-order chi connectivity index (χ1) is 8.04. The maximum atomic E-state index is 11.8. The zero-order valence-corrected chi connectivity index (χ0v) is 10.4. The molecule has 0 saturated heterocycles. The number of amides is 1. The Hall–Kier alpha value is -1.74. The molecule has 1 amide bonds. The fourth-order valence-corrected chi connectivity index (χ4v) is 1.91. The molecular weight excluding hydrogens is 236 g/mol. The van der Waals surface area contributed by atoms with Gasteiger partial charge in [-0.1, -0.05) is 17.7 Å². The lowest BCUT2D eigenvalue weighted by molar-refractivity contribution is 0.102. The van der Waals surface area contributed by atoms with Crippen LogP contribution in [0.1, 0.15) is 21.6 Å². The summed E-state index contributed by atoms with van der Waals surface area (Å²) in [6.45, 7) is 3.99. The minimum Gasteiger partial charge on any atom is -0.356 e. The molecule has 0 saturated carbocycles. The van der Waals surface area contributed by atoms with Crippen molar-refractivity contribution >= 4 is 23.2 Å². The SMILES string of the molecule is Cc1cc(C)cc(NC(=O)c2cc(Cl)c[nH]2)c1. The van der Waals surface area contributed by atoms with Crippen LogP contribution in [0.3, 0.4) is 0 Å². The van der Waals surface area contributed by atoms with E-state index in [0.29, 0.717) is 10.7 Å². The Morgan fingerprint density at radius 1 is 1.18 bits per heavy atom. The molecule has 2 rings (SSSR count). The Labute approximate surface area is 105 Å². The van der Waals surface area contributed by atoms with Crippen LogP contribution in [0.2, 0.25) is 5.02 Å². The number of halogens is 1. The fourth-order valence-electron chi connectivity index (χ4n) is 1.74. The molecule has 0 aliphatic heterocycles. The molecule has 4 heteroatoms. The van der Waals surface area contributed by atoms with Crippen molar-refractivity contribution in [1.82, 2.24) is 4.98 Å². The monoisotopic (exact) mass is 248 g/mol. The van der Waals surface area contributed by atoms with Crippen LogP contribution in [0.5, 0.6) is 0 Å². The Morgan fingerprint density at radius 3 is 2.35 bits per heavy atom. The highest BCUT2D eigenvalue weighted by atomic mass is 35.5. The van der Waals surface area contributed by atoms with E-state index in [2.05, 4.69) is 16.4 Å². The lowest BCUT2D eigenvalue weighted by atomic mass is 10.1. The number of aromatic amines is 1. The molecule has 88 valence electrons. The molecule has 0 aliphatic carbocycles. The third-order valence-electron chi connectivity index (χ3n) is 2.37. The average Bonchev–Trinajstić information content (AvgIpc) is 2.63. The first-order valence-electron chi connectivity index (χ1n) is 5.28. The van der Waals surface area contributed by atoms with Gasteiger partial charge in [0.2, 0.25) is 0 Å². The van der Waals surface area contributed by atoms with Gasteiger partial charge in [-0.15, -0.1) is 0 Å². The quantitative estimate of drug-likeness (QED) is 0.839. The maximum Gasteiger partial charge on any atom is 0.272 e. The zero-order chi connectivity index (χ0) is 12.4. The molecule has 2 N–H and O–H groups in total. The van der Waals surface area contributed by atoms with Gasteiger partial charge in [-0.2, -0.15) is 0 Å². The van der Waals surface area contributed by atoms with Crippen molar-refractivity contribution in [2.45, 2.75) is 13.8 Å². The number of nitrogens with one attached hydrogen (secondary N) is 2. The summed E-state index contributed by atoms with van der Waals surface area (Å²) in [5.41, 5.74) is 3.47. The predicted molar refractivity (Wildman–Crippen MR) is 69.7 cm³/mol. The van der Waals surface area contributed by atoms with Gasteiger partial charge in [-0.25, -0.2) is 0 Å². The van der Waals surface area contributed by atoms with E-state index in [1.54, 1.807) is 12.3 Å². The second-order valence-electron chi connectivity index (χ2n) is 4.06. The molecule has 0 bridgehead atoms. The summed E-state index contributed by atoms with van der Waals surface area (Å²) in [5, 5.41) is 3.35. The van der Waals surface area contributed by atoms with Gasteiger partial charge in [0.15, 0.2) is 0 Å². The van der Waals surface area contributed by atoms with E-state index in [-0.39, 0.29) is 5.91 Å². The van der Waals surface area contributed by atoms with E-state index in [0.717, 1.165) is 16.8 Å². The van der Waals surface area contributed by atoms with Crippen molar-refractivity contribution in [3.05, 3.63) is 52.3 Å². The van der Waals surface area contributed by atoms with E-state index in [1.165, 1.54) is 0 Å². The topological polar surface area (TPSA) is 44.9 Å². The third kappa shape index (κ3) is 2.88. The molecule has 3 nitrogen and oxygen atoms in total. The van der Waals surface area contributed by atoms with Gasteiger partial charge >= 0.3 is 0 Å². The van der Waals surface area contributed by atoms with Crippen molar-refractivity contribution < 1.29 is 4.79 Å². The Balaban J connectivity index is 2.18. The number of anilines is 1. The second kappa shape index (κ2) is 4.63. The van der Waals surface area contributed by atoms with Crippen LogP contribution < -0.4 is 5.32 Å². The molecule has 0 spiro atoms. The molecule has 0 fully saturated rings. The summed E-state index contributed by atoms with van der Waals surface area (Å²) < 4.78 is 0. The smallest absolute Gasteiger partial charge is 0.272 e. The number of H-pyrrole nitrogens is 1. The summed E-state index contributed by atoms with van der Waals surface area (Å²) >= 11 is 5.75. The number of aromatic nitrogens is 1. The predicted octanol–water partition coefficient (Wildman–Crippen LogP) is 3.54. The van der Waals surface area contributed by atoms with Crippen LogP contribution in [0.4, 0.5) is 5.69 Å². The van der Waals surface area contributed by atoms with Gasteiger partial charge in [0.25, 0.3) is 5.91 Å². The number of carbonyl (C=O) groups excluding carboxylic acids is 1. The standard InChI is InChI=1S/C13H13ClN2O/c1-8-3-9(2)5-11(4-8)16-13(17)12-6-10(14)7-15-12/h3-7,15H,1-2H3,(H,16,17). The summed E-state index contributed by atoms with van der Waals surface area (Å²) in [5.74, 6) is -0.193. The van der Waals surface area contributed by atoms with Crippen LogP contribution in [0.25, 0.3) is 0 Å². The van der Waals surface area contributed by atoms with Crippen molar-refractivity contribution in [1.29, 1.82) is 0 Å². The summed E-state index contributed by atoms with van der Waals surface area (Å²) in [4.78, 5) is 14.7. The second-order valence-corrected chi connectivity index (χ2v) is 4.50. The highest BCUT2D eigenvalue weighted by molar-refractivity contribution is 6.31. The van der Waals surface area contributed by atoms with Gasteiger partial charge < -0.3 is 10.3 Å². The highest BCUT2D eigenvalue weighted by Crippen LogP contribution is 2.16. The number of hydrogen-bond acceptors (Lipinski definition) is 1. The van der Waals surface area contributed by atoms with E-state index in [9.17, 15) is 4.79 Å². The van der Waals surface area contributed by atoms with Crippen LogP contribution in [0.15, 0.2) is 30.5 Å². The molecule has 0 unspecified atom stereocenters. The van der Waals surface area contributed by atoms with Crippen molar-refractivity contribution in [3.63, 3.8) is 0 Å². The molecule has 0 atom stereocenters. The van der Waals surface area contributed by atoms with E-state index < -0.39 is 0 Å². The third-order valence-corrected chi connectivity index (χ3v) is 2.59. The molecule has 2 aromatic rings. The number of aryl methyl sites for hydroxylation is 2. The van der Waals surface area contributed by atoms with E-state index in [4.69, 9.17) is 11.6 Å². The molecule has 17 heavy (non-hydrogen) atoms. The van der Waals surface area contributed by atoms with Gasteiger partial charge in [-0.3, -0.25) is 4.79 Å². The molecule has 0 aliphatic rings. The van der Waals surface area contributed by atoms with Crippen LogP contribution in [-0.2, 0) is 0 Å². The van der Waals surface area contributed by atoms with Crippen molar-refractivity contribution in [2.75, 3.05) is 5.32 Å². The van der Waals surface area contributed by atoms with Crippen LogP contribution in [0, 0.1) is 13.8 Å². The highest BCUT2D eigenvalue weighted by Gasteiger charge is 2.08. The van der Waals surface area contributed by atoms with E-state index in [1.807, 2.05) is 26.0 Å². The summed E-state index contributed by atoms with van der Waals surface area (Å²) in [6.07, 6.45) is 1.58. The minimum absolute atomic E-state index is 0.193. The number of hydrogen-bond donors (Lipinski definition) is 2. The molecule has 0 radical (unpaired) electrons. The molecule has 1 aromatic carbocycles. The van der Waals surface area contributed by atoms with Crippen molar-refractivity contribution in [3.8, 4) is 0 Å². The summed E-state index contributed by atoms with van der Waals surface area (Å²) in [7, 11) is 0. The number of rotatable bonds is 2. The van der Waals surface area contributed by atoms with Crippen molar-refractivity contribution in [2.24, 2.45) is 0 Å².